The molecule has 1 aromatic carbocycles. The molecule has 0 unspecified atom stereocenters. The third-order valence-corrected chi connectivity index (χ3v) is 2.56. The summed E-state index contributed by atoms with van der Waals surface area (Å²) in [6, 6.07) is 9.64. The van der Waals surface area contributed by atoms with Crippen molar-refractivity contribution in [3.05, 3.63) is 65.2 Å². The summed E-state index contributed by atoms with van der Waals surface area (Å²) < 4.78 is 12.9. The quantitative estimate of drug-likeness (QED) is 0.757. The lowest BCUT2D eigenvalue weighted by Crippen LogP contribution is -2.07. The van der Waals surface area contributed by atoms with Crippen LogP contribution in [0.4, 0.5) is 4.39 Å². The van der Waals surface area contributed by atoms with E-state index in [0.29, 0.717) is 11.1 Å². The van der Waals surface area contributed by atoms with E-state index in [-0.39, 0.29) is 18.0 Å². The summed E-state index contributed by atoms with van der Waals surface area (Å²) in [5.74, 6) is -0.363. The lowest BCUT2D eigenvalue weighted by Gasteiger charge is -2.04. The van der Waals surface area contributed by atoms with Crippen molar-refractivity contribution in [1.82, 2.24) is 4.98 Å². The maximum atomic E-state index is 12.9. The standard InChI is InChI=1S/C14H12FNO/c1-10-8-11(15)5-6-13(10)14(17)9-12-4-2-3-7-16-12/h2-8H,9H2,1H3. The second-order valence-corrected chi connectivity index (χ2v) is 3.88. The van der Waals surface area contributed by atoms with Crippen LogP contribution in [-0.2, 0) is 6.42 Å². The lowest BCUT2D eigenvalue weighted by molar-refractivity contribution is 0.0991. The molecular weight excluding hydrogens is 217 g/mol. The minimum absolute atomic E-state index is 0.0406. The van der Waals surface area contributed by atoms with Crippen LogP contribution in [0.25, 0.3) is 0 Å². The molecule has 0 atom stereocenters. The number of nitrogens with zero attached hydrogens (tertiary/aromatic N) is 1. The average Bonchev–Trinajstić information content (AvgIpc) is 2.30. The van der Waals surface area contributed by atoms with Crippen molar-refractivity contribution >= 4 is 5.78 Å². The molecule has 1 aromatic heterocycles. The van der Waals surface area contributed by atoms with Gasteiger partial charge in [-0.05, 0) is 42.8 Å². The minimum Gasteiger partial charge on any atom is -0.294 e. The van der Waals surface area contributed by atoms with E-state index in [2.05, 4.69) is 4.98 Å². The number of pyridine rings is 1. The molecule has 0 aliphatic carbocycles. The fourth-order valence-corrected chi connectivity index (χ4v) is 1.70. The van der Waals surface area contributed by atoms with Crippen LogP contribution in [0.3, 0.4) is 0 Å². The monoisotopic (exact) mass is 229 g/mol. The third-order valence-electron chi connectivity index (χ3n) is 2.56. The number of ketones is 1. The van der Waals surface area contributed by atoms with Gasteiger partial charge in [0.05, 0.1) is 6.42 Å². The molecule has 0 spiro atoms. The van der Waals surface area contributed by atoms with Gasteiger partial charge in [-0.25, -0.2) is 4.39 Å². The van der Waals surface area contributed by atoms with E-state index < -0.39 is 0 Å². The summed E-state index contributed by atoms with van der Waals surface area (Å²) in [5.41, 5.74) is 1.93. The van der Waals surface area contributed by atoms with Crippen LogP contribution in [-0.4, -0.2) is 10.8 Å². The number of Topliss-reactive ketones (excluding diaryl/α,β-unsaturated/α-hetero) is 1. The molecule has 0 bridgehead atoms. The Morgan fingerprint density at radius 1 is 1.29 bits per heavy atom. The van der Waals surface area contributed by atoms with Crippen molar-refractivity contribution in [2.75, 3.05) is 0 Å². The molecule has 0 aliphatic rings. The van der Waals surface area contributed by atoms with Crippen molar-refractivity contribution in [2.24, 2.45) is 0 Å². The summed E-state index contributed by atoms with van der Waals surface area (Å²) in [5, 5.41) is 0. The Labute approximate surface area is 99.1 Å². The molecule has 2 aromatic rings. The highest BCUT2D eigenvalue weighted by atomic mass is 19.1. The second-order valence-electron chi connectivity index (χ2n) is 3.88. The highest BCUT2D eigenvalue weighted by Crippen LogP contribution is 2.12. The molecule has 86 valence electrons. The van der Waals surface area contributed by atoms with E-state index >= 15 is 0 Å². The van der Waals surface area contributed by atoms with E-state index in [4.69, 9.17) is 0 Å². The van der Waals surface area contributed by atoms with Crippen LogP contribution in [0.2, 0.25) is 0 Å². The molecule has 0 N–H and O–H groups in total. The molecule has 0 radical (unpaired) electrons. The van der Waals surface area contributed by atoms with Crippen molar-refractivity contribution in [3.8, 4) is 0 Å². The predicted molar refractivity (Wildman–Crippen MR) is 63.4 cm³/mol. The van der Waals surface area contributed by atoms with Crippen LogP contribution in [0.5, 0.6) is 0 Å². The predicted octanol–water partition coefficient (Wildman–Crippen LogP) is 2.95. The molecule has 0 aliphatic heterocycles. The highest BCUT2D eigenvalue weighted by molar-refractivity contribution is 5.98. The summed E-state index contributed by atoms with van der Waals surface area (Å²) in [4.78, 5) is 16.1. The fourth-order valence-electron chi connectivity index (χ4n) is 1.70. The van der Waals surface area contributed by atoms with Gasteiger partial charge in [0.1, 0.15) is 5.82 Å². The first-order valence-electron chi connectivity index (χ1n) is 5.36. The highest BCUT2D eigenvalue weighted by Gasteiger charge is 2.10. The van der Waals surface area contributed by atoms with E-state index in [1.807, 2.05) is 6.07 Å². The zero-order valence-corrected chi connectivity index (χ0v) is 9.48. The van der Waals surface area contributed by atoms with Gasteiger partial charge in [0, 0.05) is 17.5 Å². The number of halogens is 1. The second kappa shape index (κ2) is 4.87. The minimum atomic E-state index is -0.322. The number of benzene rings is 1. The molecule has 1 heterocycles. The zero-order chi connectivity index (χ0) is 12.3. The summed E-state index contributed by atoms with van der Waals surface area (Å²) in [6.07, 6.45) is 1.90. The van der Waals surface area contributed by atoms with Crippen molar-refractivity contribution in [2.45, 2.75) is 13.3 Å². The lowest BCUT2D eigenvalue weighted by atomic mass is 10.0. The first kappa shape index (κ1) is 11.5. The van der Waals surface area contributed by atoms with Crippen LogP contribution < -0.4 is 0 Å². The van der Waals surface area contributed by atoms with Crippen LogP contribution >= 0.6 is 0 Å². The third kappa shape index (κ3) is 2.75. The van der Waals surface area contributed by atoms with Gasteiger partial charge in [-0.3, -0.25) is 9.78 Å². The maximum absolute atomic E-state index is 12.9. The van der Waals surface area contributed by atoms with Gasteiger partial charge in [0.25, 0.3) is 0 Å². The number of carbonyl (C=O) groups is 1. The molecule has 3 heteroatoms. The van der Waals surface area contributed by atoms with Gasteiger partial charge in [0.15, 0.2) is 5.78 Å². The largest absolute Gasteiger partial charge is 0.294 e. The summed E-state index contributed by atoms with van der Waals surface area (Å²) >= 11 is 0. The SMILES string of the molecule is Cc1cc(F)ccc1C(=O)Cc1ccccn1. The topological polar surface area (TPSA) is 30.0 Å². The Morgan fingerprint density at radius 3 is 2.76 bits per heavy atom. The number of carbonyl (C=O) groups excluding carboxylic acids is 1. The molecule has 2 nitrogen and oxygen atoms in total. The van der Waals surface area contributed by atoms with Gasteiger partial charge >= 0.3 is 0 Å². The Hall–Kier alpha value is -2.03. The zero-order valence-electron chi connectivity index (χ0n) is 9.48. The molecule has 2 rings (SSSR count). The van der Waals surface area contributed by atoms with Gasteiger partial charge < -0.3 is 0 Å². The van der Waals surface area contributed by atoms with Crippen molar-refractivity contribution in [3.63, 3.8) is 0 Å². The van der Waals surface area contributed by atoms with Crippen molar-refractivity contribution in [1.29, 1.82) is 0 Å². The normalized spacial score (nSPS) is 10.2. The van der Waals surface area contributed by atoms with Crippen LogP contribution in [0.1, 0.15) is 21.6 Å². The Bertz CT molecular complexity index is 537. The first-order chi connectivity index (χ1) is 8.16. The number of hydrogen-bond donors (Lipinski definition) is 0. The van der Waals surface area contributed by atoms with E-state index in [9.17, 15) is 9.18 Å². The Kier molecular flexibility index (Phi) is 3.28. The molecule has 0 saturated carbocycles. The molecular formula is C14H12FNO. The van der Waals surface area contributed by atoms with Gasteiger partial charge in [-0.15, -0.1) is 0 Å². The van der Waals surface area contributed by atoms with Crippen LogP contribution in [0, 0.1) is 12.7 Å². The summed E-state index contributed by atoms with van der Waals surface area (Å²) in [7, 11) is 0. The molecule has 0 fully saturated rings. The molecule has 17 heavy (non-hydrogen) atoms. The summed E-state index contributed by atoms with van der Waals surface area (Å²) in [6.45, 7) is 1.73. The molecule has 0 amide bonds. The number of hydrogen-bond acceptors (Lipinski definition) is 2. The Morgan fingerprint density at radius 2 is 2.12 bits per heavy atom. The van der Waals surface area contributed by atoms with E-state index in [1.165, 1.54) is 18.2 Å². The van der Waals surface area contributed by atoms with E-state index in [0.717, 1.165) is 5.69 Å². The Balaban J connectivity index is 2.21. The number of aryl methyl sites for hydroxylation is 1. The number of rotatable bonds is 3. The number of aromatic nitrogens is 1. The fraction of sp³-hybridized carbons (Fsp3) is 0.143. The van der Waals surface area contributed by atoms with Gasteiger partial charge in [-0.2, -0.15) is 0 Å². The maximum Gasteiger partial charge on any atom is 0.169 e. The van der Waals surface area contributed by atoms with E-state index in [1.54, 1.807) is 25.3 Å². The molecule has 0 saturated heterocycles. The van der Waals surface area contributed by atoms with Crippen molar-refractivity contribution < 1.29 is 9.18 Å². The first-order valence-corrected chi connectivity index (χ1v) is 5.36. The smallest absolute Gasteiger partial charge is 0.169 e. The average molecular weight is 229 g/mol. The van der Waals surface area contributed by atoms with Crippen LogP contribution in [0.15, 0.2) is 42.6 Å². The van der Waals surface area contributed by atoms with Gasteiger partial charge in [0.2, 0.25) is 0 Å². The van der Waals surface area contributed by atoms with Gasteiger partial charge in [-0.1, -0.05) is 6.07 Å².